The van der Waals surface area contributed by atoms with Crippen LogP contribution in [0.15, 0.2) is 48.8 Å². The first-order chi connectivity index (χ1) is 10.8. The lowest BCUT2D eigenvalue weighted by Gasteiger charge is -2.18. The summed E-state index contributed by atoms with van der Waals surface area (Å²) in [4.78, 5) is 4.20. The molecule has 0 radical (unpaired) electrons. The minimum atomic E-state index is -4.66. The molecule has 0 saturated carbocycles. The van der Waals surface area contributed by atoms with Crippen molar-refractivity contribution in [2.24, 2.45) is 0 Å². The molecule has 0 fully saturated rings. The van der Waals surface area contributed by atoms with Gasteiger partial charge in [0.25, 0.3) is 0 Å². The van der Waals surface area contributed by atoms with Crippen molar-refractivity contribution in [2.45, 2.75) is 13.2 Å². The van der Waals surface area contributed by atoms with E-state index in [1.54, 1.807) is 30.3 Å². The fourth-order valence-corrected chi connectivity index (χ4v) is 2.90. The zero-order chi connectivity index (χ0) is 16.6. The summed E-state index contributed by atoms with van der Waals surface area (Å²) in [6.07, 6.45) is 0.369. The van der Waals surface area contributed by atoms with Gasteiger partial charge in [0, 0.05) is 10.6 Å². The lowest BCUT2D eigenvalue weighted by Crippen LogP contribution is -2.18. The predicted octanol–water partition coefficient (Wildman–Crippen LogP) is 3.36. The zero-order valence-electron chi connectivity index (χ0n) is 12.0. The number of fused-ring (bicyclic) bond motifs is 1. The first kappa shape index (κ1) is 15.9. The number of hydrogen-bond donors (Lipinski definition) is 1. The first-order valence-electron chi connectivity index (χ1n) is 6.68. The molecule has 3 rings (SSSR count). The van der Waals surface area contributed by atoms with Crippen molar-refractivity contribution >= 4 is 33.0 Å². The van der Waals surface area contributed by atoms with Crippen LogP contribution in [0.2, 0.25) is 5.02 Å². The molecule has 1 unspecified atom stereocenters. The van der Waals surface area contributed by atoms with E-state index in [1.165, 1.54) is 10.9 Å². The van der Waals surface area contributed by atoms with E-state index in [4.69, 9.17) is 20.3 Å². The van der Waals surface area contributed by atoms with Gasteiger partial charge in [-0.1, -0.05) is 41.4 Å². The minimum Gasteiger partial charge on any atom is -0.298 e. The zero-order valence-corrected chi connectivity index (χ0v) is 13.6. The average molecular weight is 353 g/mol. The Kier molecular flexibility index (Phi) is 4.11. The molecule has 1 N–H and O–H groups in total. The quantitative estimate of drug-likeness (QED) is 0.728. The van der Waals surface area contributed by atoms with Gasteiger partial charge in [-0.2, -0.15) is 8.42 Å². The Morgan fingerprint density at radius 1 is 1.22 bits per heavy atom. The van der Waals surface area contributed by atoms with Gasteiger partial charge in [0.2, 0.25) is 0 Å². The maximum Gasteiger partial charge on any atom is 0.399 e. The van der Waals surface area contributed by atoms with E-state index in [1.807, 2.05) is 19.1 Å². The molecule has 1 heterocycles. The number of halogens is 1. The largest absolute Gasteiger partial charge is 0.399 e. The summed E-state index contributed by atoms with van der Waals surface area (Å²) in [6, 6.07) is 12.1. The summed E-state index contributed by atoms with van der Waals surface area (Å²) in [5.41, 5.74) is 2.79. The topological polar surface area (TPSA) is 81.4 Å². The lowest BCUT2D eigenvalue weighted by atomic mass is 10.1. The highest BCUT2D eigenvalue weighted by molar-refractivity contribution is 7.80. The number of imidazole rings is 1. The van der Waals surface area contributed by atoms with Gasteiger partial charge in [0.05, 0.1) is 17.4 Å². The van der Waals surface area contributed by atoms with Gasteiger partial charge < -0.3 is 0 Å². The Balaban J connectivity index is 2.15. The van der Waals surface area contributed by atoms with Crippen LogP contribution in [0.3, 0.4) is 0 Å². The third-order valence-corrected chi connectivity index (χ3v) is 4.03. The van der Waals surface area contributed by atoms with E-state index in [0.29, 0.717) is 21.6 Å². The van der Waals surface area contributed by atoms with E-state index >= 15 is 0 Å². The van der Waals surface area contributed by atoms with Crippen LogP contribution in [-0.4, -0.2) is 22.5 Å². The molecule has 0 aliphatic heterocycles. The summed E-state index contributed by atoms with van der Waals surface area (Å²) in [7, 11) is -4.66. The number of rotatable bonds is 4. The van der Waals surface area contributed by atoms with E-state index in [-0.39, 0.29) is 0 Å². The predicted molar refractivity (Wildman–Crippen MR) is 86.7 cm³/mol. The average Bonchev–Trinajstić information content (AvgIpc) is 2.87. The molecule has 120 valence electrons. The fraction of sp³-hybridized carbons (Fsp3) is 0.133. The second-order valence-corrected chi connectivity index (χ2v) is 6.56. The Morgan fingerprint density at radius 3 is 2.57 bits per heavy atom. The third-order valence-electron chi connectivity index (χ3n) is 3.36. The molecule has 0 aliphatic rings. The van der Waals surface area contributed by atoms with Crippen LogP contribution in [0.1, 0.15) is 17.4 Å². The Labute approximate surface area is 138 Å². The van der Waals surface area contributed by atoms with Crippen molar-refractivity contribution in [3.8, 4) is 0 Å². The van der Waals surface area contributed by atoms with Gasteiger partial charge in [-0.3, -0.25) is 9.12 Å². The molecule has 0 amide bonds. The minimum absolute atomic E-state index is 0.519. The maximum atomic E-state index is 11.2. The van der Waals surface area contributed by atoms with Gasteiger partial charge >= 0.3 is 10.4 Å². The normalized spacial score (nSPS) is 13.3. The van der Waals surface area contributed by atoms with Crippen LogP contribution < -0.4 is 0 Å². The molecule has 1 atom stereocenters. The van der Waals surface area contributed by atoms with Crippen LogP contribution >= 0.6 is 11.6 Å². The number of hydrogen-bond acceptors (Lipinski definition) is 4. The highest BCUT2D eigenvalue weighted by Gasteiger charge is 2.23. The molecule has 23 heavy (non-hydrogen) atoms. The van der Waals surface area contributed by atoms with Gasteiger partial charge in [-0.25, -0.2) is 9.17 Å². The van der Waals surface area contributed by atoms with Gasteiger partial charge in [0.1, 0.15) is 0 Å². The van der Waals surface area contributed by atoms with E-state index in [0.717, 1.165) is 5.56 Å². The molecule has 0 aliphatic carbocycles. The Hall–Kier alpha value is -1.93. The van der Waals surface area contributed by atoms with Crippen LogP contribution in [0.4, 0.5) is 0 Å². The van der Waals surface area contributed by atoms with Crippen LogP contribution in [-0.2, 0) is 14.6 Å². The molecule has 0 spiro atoms. The van der Waals surface area contributed by atoms with Crippen molar-refractivity contribution in [3.63, 3.8) is 0 Å². The summed E-state index contributed by atoms with van der Waals surface area (Å²) >= 11 is 5.93. The highest BCUT2D eigenvalue weighted by atomic mass is 35.5. The molecular weight excluding hydrogens is 340 g/mol. The van der Waals surface area contributed by atoms with E-state index in [2.05, 4.69) is 4.98 Å². The number of benzene rings is 2. The second kappa shape index (κ2) is 5.93. The second-order valence-electron chi connectivity index (χ2n) is 5.07. The van der Waals surface area contributed by atoms with Gasteiger partial charge in [-0.05, 0) is 25.1 Å². The number of nitrogens with zero attached hydrogens (tertiary/aromatic N) is 2. The van der Waals surface area contributed by atoms with Crippen LogP contribution in [0, 0.1) is 6.92 Å². The van der Waals surface area contributed by atoms with Crippen molar-refractivity contribution in [3.05, 3.63) is 64.9 Å². The molecule has 0 bridgehead atoms. The van der Waals surface area contributed by atoms with Gasteiger partial charge in [-0.15, -0.1) is 0 Å². The van der Waals surface area contributed by atoms with Crippen molar-refractivity contribution < 1.29 is 17.2 Å². The van der Waals surface area contributed by atoms with Crippen LogP contribution in [0.25, 0.3) is 11.0 Å². The maximum absolute atomic E-state index is 11.2. The monoisotopic (exact) mass is 352 g/mol. The molecule has 1 aromatic heterocycles. The molecule has 8 heteroatoms. The Bertz CT molecular complexity index is 951. The first-order valence-corrected chi connectivity index (χ1v) is 8.42. The van der Waals surface area contributed by atoms with Crippen molar-refractivity contribution in [1.82, 2.24) is 9.55 Å². The molecule has 2 aromatic carbocycles. The highest BCUT2D eigenvalue weighted by Crippen LogP contribution is 2.27. The summed E-state index contributed by atoms with van der Waals surface area (Å²) in [5.74, 6) is 0. The van der Waals surface area contributed by atoms with E-state index in [9.17, 15) is 8.42 Å². The van der Waals surface area contributed by atoms with Crippen molar-refractivity contribution in [2.75, 3.05) is 0 Å². The summed E-state index contributed by atoms with van der Waals surface area (Å²) in [5, 5.41) is 0.519. The van der Waals surface area contributed by atoms with E-state index < -0.39 is 16.6 Å². The fourth-order valence-electron chi connectivity index (χ4n) is 2.30. The van der Waals surface area contributed by atoms with Gasteiger partial charge in [0.15, 0.2) is 6.23 Å². The van der Waals surface area contributed by atoms with Crippen molar-refractivity contribution in [1.29, 1.82) is 0 Å². The number of aryl methyl sites for hydroxylation is 1. The standard InChI is InChI=1S/C15H13ClN2O4S/c1-10-2-4-11(5-3-10)15(22-23(19,20)21)18-9-17-13-8-12(16)6-7-14(13)18/h2-9,15H,1H3,(H,19,20,21). The molecular formula is C15H13ClN2O4S. The third kappa shape index (κ3) is 3.53. The Morgan fingerprint density at radius 2 is 1.91 bits per heavy atom. The van der Waals surface area contributed by atoms with Crippen LogP contribution in [0.5, 0.6) is 0 Å². The lowest BCUT2D eigenvalue weighted by molar-refractivity contribution is 0.161. The molecule has 6 nitrogen and oxygen atoms in total. The number of aromatic nitrogens is 2. The summed E-state index contributed by atoms with van der Waals surface area (Å²) in [6.45, 7) is 1.91. The smallest absolute Gasteiger partial charge is 0.298 e. The molecule has 0 saturated heterocycles. The SMILES string of the molecule is Cc1ccc(C(OS(=O)(=O)O)n2cnc3cc(Cl)ccc32)cc1. The summed E-state index contributed by atoms with van der Waals surface area (Å²) < 4.78 is 38.0. The molecule has 3 aromatic rings.